The summed E-state index contributed by atoms with van der Waals surface area (Å²) in [6, 6.07) is 0. The molecule has 0 aliphatic heterocycles. The fraction of sp³-hybridized carbons (Fsp3) is 0.625. The Bertz CT molecular complexity index is 374. The van der Waals surface area contributed by atoms with Crippen LogP contribution in [0.3, 0.4) is 0 Å². The molecule has 6 nitrogen and oxygen atoms in total. The number of rotatable bonds is 6. The van der Waals surface area contributed by atoms with Crippen LogP contribution < -0.4 is 0 Å². The minimum absolute atomic E-state index is 0.181. The van der Waals surface area contributed by atoms with Crippen LogP contribution in [0.1, 0.15) is 6.92 Å². The van der Waals surface area contributed by atoms with Gasteiger partial charge in [0.2, 0.25) is 10.0 Å². The van der Waals surface area contributed by atoms with Crippen molar-refractivity contribution in [1.29, 1.82) is 0 Å². The maximum absolute atomic E-state index is 11.9. The first-order valence-corrected chi connectivity index (χ1v) is 6.04. The Morgan fingerprint density at radius 1 is 1.60 bits per heavy atom. The highest BCUT2D eigenvalue weighted by molar-refractivity contribution is 7.89. The first kappa shape index (κ1) is 12.2. The molecule has 0 atom stereocenters. The summed E-state index contributed by atoms with van der Waals surface area (Å²) in [4.78, 5) is 0.181. The largest absolute Gasteiger partial charge is 0.383 e. The van der Waals surface area contributed by atoms with Gasteiger partial charge in [-0.25, -0.2) is 8.42 Å². The smallest absolute Gasteiger partial charge is 0.246 e. The molecule has 0 unspecified atom stereocenters. The Hall–Kier alpha value is -0.920. The molecule has 15 heavy (non-hydrogen) atoms. The molecule has 0 bridgehead atoms. The Kier molecular flexibility index (Phi) is 4.25. The first-order chi connectivity index (χ1) is 7.12. The van der Waals surface area contributed by atoms with Crippen LogP contribution in [0, 0.1) is 0 Å². The molecule has 0 saturated carbocycles. The van der Waals surface area contributed by atoms with Crippen molar-refractivity contribution >= 4 is 10.0 Å². The summed E-state index contributed by atoms with van der Waals surface area (Å²) in [5.74, 6) is 0. The average molecular weight is 233 g/mol. The molecule has 0 aliphatic rings. The first-order valence-electron chi connectivity index (χ1n) is 4.60. The van der Waals surface area contributed by atoms with Crippen molar-refractivity contribution in [1.82, 2.24) is 14.5 Å². The van der Waals surface area contributed by atoms with Gasteiger partial charge in [0.25, 0.3) is 0 Å². The highest BCUT2D eigenvalue weighted by atomic mass is 32.2. The van der Waals surface area contributed by atoms with Gasteiger partial charge in [0.15, 0.2) is 0 Å². The maximum atomic E-state index is 11.9. The van der Waals surface area contributed by atoms with Crippen molar-refractivity contribution in [2.75, 3.05) is 26.8 Å². The summed E-state index contributed by atoms with van der Waals surface area (Å²) in [5.41, 5.74) is 0. The normalized spacial score (nSPS) is 12.2. The summed E-state index contributed by atoms with van der Waals surface area (Å²) in [5, 5.41) is 6.11. The monoisotopic (exact) mass is 233 g/mol. The topological polar surface area (TPSA) is 75.3 Å². The number of likely N-dealkylation sites (N-methyl/N-ethyl adjacent to an activating group) is 1. The van der Waals surface area contributed by atoms with E-state index >= 15 is 0 Å². The lowest BCUT2D eigenvalue weighted by Gasteiger charge is -2.18. The van der Waals surface area contributed by atoms with Crippen LogP contribution in [0.15, 0.2) is 17.3 Å². The zero-order chi connectivity index (χ0) is 11.3. The van der Waals surface area contributed by atoms with Crippen LogP contribution in [-0.4, -0.2) is 49.7 Å². The van der Waals surface area contributed by atoms with E-state index in [9.17, 15) is 8.42 Å². The molecule has 1 N–H and O–H groups in total. The molecule has 1 aromatic rings. The van der Waals surface area contributed by atoms with Crippen molar-refractivity contribution in [2.24, 2.45) is 0 Å². The molecule has 0 amide bonds. The number of methoxy groups -OCH3 is 1. The van der Waals surface area contributed by atoms with E-state index in [2.05, 4.69) is 10.2 Å². The minimum Gasteiger partial charge on any atom is -0.383 e. The second-order valence-electron chi connectivity index (χ2n) is 2.92. The molecule has 0 aromatic carbocycles. The zero-order valence-electron chi connectivity index (χ0n) is 8.80. The van der Waals surface area contributed by atoms with Gasteiger partial charge >= 0.3 is 0 Å². The molecule has 0 spiro atoms. The lowest BCUT2D eigenvalue weighted by molar-refractivity contribution is 0.180. The number of aromatic amines is 1. The van der Waals surface area contributed by atoms with Crippen molar-refractivity contribution in [3.05, 3.63) is 12.4 Å². The molecular weight excluding hydrogens is 218 g/mol. The zero-order valence-corrected chi connectivity index (χ0v) is 9.62. The molecule has 1 aromatic heterocycles. The van der Waals surface area contributed by atoms with E-state index in [-0.39, 0.29) is 4.90 Å². The molecule has 0 radical (unpaired) electrons. The number of hydrogen-bond acceptors (Lipinski definition) is 4. The highest BCUT2D eigenvalue weighted by Gasteiger charge is 2.23. The lowest BCUT2D eigenvalue weighted by atomic mass is 10.6. The Balaban J connectivity index is 2.83. The molecule has 1 rings (SSSR count). The predicted octanol–water partition coefficient (Wildman–Crippen LogP) is 0.0667. The molecule has 86 valence electrons. The number of aromatic nitrogens is 2. The highest BCUT2D eigenvalue weighted by Crippen LogP contribution is 2.12. The van der Waals surface area contributed by atoms with E-state index in [1.165, 1.54) is 23.8 Å². The van der Waals surface area contributed by atoms with Crippen molar-refractivity contribution < 1.29 is 13.2 Å². The van der Waals surface area contributed by atoms with Gasteiger partial charge in [0.1, 0.15) is 4.90 Å². The second-order valence-corrected chi connectivity index (χ2v) is 4.86. The van der Waals surface area contributed by atoms with Gasteiger partial charge in [0.05, 0.1) is 12.8 Å². The number of hydrogen-bond donors (Lipinski definition) is 1. The van der Waals surface area contributed by atoms with Gasteiger partial charge in [-0.05, 0) is 0 Å². The fourth-order valence-electron chi connectivity index (χ4n) is 1.17. The number of nitrogens with zero attached hydrogens (tertiary/aromatic N) is 2. The average Bonchev–Trinajstić information content (AvgIpc) is 2.72. The van der Waals surface area contributed by atoms with E-state index in [0.717, 1.165) is 0 Å². The summed E-state index contributed by atoms with van der Waals surface area (Å²) in [6.45, 7) is 2.93. The molecule has 7 heteroatoms. The van der Waals surface area contributed by atoms with Crippen molar-refractivity contribution in [3.63, 3.8) is 0 Å². The van der Waals surface area contributed by atoms with Crippen molar-refractivity contribution in [3.8, 4) is 0 Å². The van der Waals surface area contributed by atoms with Crippen molar-refractivity contribution in [2.45, 2.75) is 11.8 Å². The molecule has 0 aliphatic carbocycles. The van der Waals surface area contributed by atoms with Crippen LogP contribution in [0.2, 0.25) is 0 Å². The van der Waals surface area contributed by atoms with Gasteiger partial charge in [-0.3, -0.25) is 5.10 Å². The van der Waals surface area contributed by atoms with E-state index < -0.39 is 10.0 Å². The van der Waals surface area contributed by atoms with Gasteiger partial charge in [-0.15, -0.1) is 0 Å². The van der Waals surface area contributed by atoms with E-state index in [4.69, 9.17) is 4.74 Å². The standard InChI is InChI=1S/C8H15N3O3S/c1-3-11(4-5-14-2)15(12,13)8-6-9-10-7-8/h6-7H,3-5H2,1-2H3,(H,9,10). The van der Waals surface area contributed by atoms with Gasteiger partial charge < -0.3 is 4.74 Å². The Morgan fingerprint density at radius 3 is 2.80 bits per heavy atom. The van der Waals surface area contributed by atoms with Crippen LogP contribution >= 0.6 is 0 Å². The van der Waals surface area contributed by atoms with Crippen LogP contribution in [-0.2, 0) is 14.8 Å². The summed E-state index contributed by atoms with van der Waals surface area (Å²) in [6.07, 6.45) is 2.66. The molecule has 1 heterocycles. The predicted molar refractivity (Wildman–Crippen MR) is 54.9 cm³/mol. The summed E-state index contributed by atoms with van der Waals surface area (Å²) in [7, 11) is -1.88. The Labute approximate surface area is 89.3 Å². The van der Waals surface area contributed by atoms with Crippen LogP contribution in [0.4, 0.5) is 0 Å². The third-order valence-electron chi connectivity index (χ3n) is 2.01. The molecule has 0 saturated heterocycles. The lowest BCUT2D eigenvalue weighted by Crippen LogP contribution is -2.33. The van der Waals surface area contributed by atoms with Crippen LogP contribution in [0.25, 0.3) is 0 Å². The number of ether oxygens (including phenoxy) is 1. The minimum atomic E-state index is -3.42. The second kappa shape index (κ2) is 5.24. The number of sulfonamides is 1. The van der Waals surface area contributed by atoms with E-state index in [0.29, 0.717) is 19.7 Å². The molecule has 0 fully saturated rings. The summed E-state index contributed by atoms with van der Waals surface area (Å²) >= 11 is 0. The molecular formula is C8H15N3O3S. The maximum Gasteiger partial charge on any atom is 0.246 e. The van der Waals surface area contributed by atoms with Crippen LogP contribution in [0.5, 0.6) is 0 Å². The van der Waals surface area contributed by atoms with Gasteiger partial charge in [-0.2, -0.15) is 9.40 Å². The number of nitrogens with one attached hydrogen (secondary N) is 1. The van der Waals surface area contributed by atoms with Gasteiger partial charge in [-0.1, -0.05) is 6.92 Å². The van der Waals surface area contributed by atoms with Gasteiger partial charge in [0, 0.05) is 26.4 Å². The number of H-pyrrole nitrogens is 1. The quantitative estimate of drug-likeness (QED) is 0.754. The third-order valence-corrected chi connectivity index (χ3v) is 3.95. The third kappa shape index (κ3) is 2.77. The summed E-state index contributed by atoms with van der Waals surface area (Å²) < 4.78 is 30.1. The van der Waals surface area contributed by atoms with E-state index in [1.54, 1.807) is 6.92 Å². The fourth-order valence-corrected chi connectivity index (χ4v) is 2.51. The Morgan fingerprint density at radius 2 is 2.33 bits per heavy atom. The SMILES string of the molecule is CCN(CCOC)S(=O)(=O)c1cn[nH]c1. The van der Waals surface area contributed by atoms with E-state index in [1.807, 2.05) is 0 Å².